The van der Waals surface area contributed by atoms with Gasteiger partial charge in [-0.3, -0.25) is 0 Å². The van der Waals surface area contributed by atoms with E-state index in [4.69, 9.17) is 10.3 Å². The van der Waals surface area contributed by atoms with Crippen molar-refractivity contribution in [2.75, 3.05) is 5.73 Å². The van der Waals surface area contributed by atoms with Crippen LogP contribution in [0.15, 0.2) is 22.7 Å². The third-order valence-corrected chi connectivity index (χ3v) is 2.20. The van der Waals surface area contributed by atoms with Gasteiger partial charge in [0, 0.05) is 5.56 Å². The number of benzene rings is 1. The fourth-order valence-electron chi connectivity index (χ4n) is 1.27. The molecule has 2 rings (SSSR count). The lowest BCUT2D eigenvalue weighted by Gasteiger charge is -2.09. The van der Waals surface area contributed by atoms with Crippen molar-refractivity contribution in [1.82, 2.24) is 10.1 Å². The number of nitrogens with zero attached hydrogens (tertiary/aromatic N) is 2. The monoisotopic (exact) mass is 237 g/mol. The molecule has 17 heavy (non-hydrogen) atoms. The van der Waals surface area contributed by atoms with E-state index in [0.717, 1.165) is 0 Å². The molecule has 0 atom stereocenters. The summed E-state index contributed by atoms with van der Waals surface area (Å²) < 4.78 is 17.9. The summed E-state index contributed by atoms with van der Waals surface area (Å²) >= 11 is 0. The molecule has 1 aromatic heterocycles. The van der Waals surface area contributed by atoms with Gasteiger partial charge in [-0.25, -0.2) is 4.39 Å². The van der Waals surface area contributed by atoms with E-state index in [1.54, 1.807) is 0 Å². The van der Waals surface area contributed by atoms with Gasteiger partial charge in [0.05, 0.1) is 5.69 Å². The lowest BCUT2D eigenvalue weighted by atomic mass is 10.1. The Morgan fingerprint density at radius 1 is 1.41 bits per heavy atom. The number of aliphatic hydroxyl groups is 1. The van der Waals surface area contributed by atoms with Gasteiger partial charge in [0.15, 0.2) is 0 Å². The van der Waals surface area contributed by atoms with Gasteiger partial charge in [-0.1, -0.05) is 5.16 Å². The SMILES string of the molecule is CC(C)(O)c1nc(-c2ccc(F)c(N)c2)no1. The molecule has 3 N–H and O–H groups in total. The molecule has 0 aliphatic carbocycles. The highest BCUT2D eigenvalue weighted by Gasteiger charge is 2.24. The number of nitrogen functional groups attached to an aromatic ring is 1. The number of aromatic nitrogens is 2. The van der Waals surface area contributed by atoms with Gasteiger partial charge in [0.1, 0.15) is 11.4 Å². The van der Waals surface area contributed by atoms with E-state index in [1.807, 2.05) is 0 Å². The molecular formula is C11H12FN3O2. The number of nitrogens with two attached hydrogens (primary N) is 1. The quantitative estimate of drug-likeness (QED) is 0.776. The Morgan fingerprint density at radius 3 is 2.65 bits per heavy atom. The molecule has 0 aliphatic heterocycles. The van der Waals surface area contributed by atoms with Crippen LogP contribution in [-0.2, 0) is 5.60 Å². The Kier molecular flexibility index (Phi) is 2.59. The highest BCUT2D eigenvalue weighted by molar-refractivity contribution is 5.61. The molecule has 0 radical (unpaired) electrons. The topological polar surface area (TPSA) is 85.2 Å². The third-order valence-electron chi connectivity index (χ3n) is 2.20. The minimum atomic E-state index is -1.21. The van der Waals surface area contributed by atoms with Crippen molar-refractivity contribution >= 4 is 5.69 Å². The molecule has 0 bridgehead atoms. The maximum atomic E-state index is 13.0. The molecule has 0 unspecified atom stereocenters. The Morgan fingerprint density at radius 2 is 2.12 bits per heavy atom. The summed E-state index contributed by atoms with van der Waals surface area (Å²) in [6, 6.07) is 4.13. The minimum Gasteiger partial charge on any atom is -0.396 e. The first kappa shape index (κ1) is 11.5. The second-order valence-corrected chi connectivity index (χ2v) is 4.22. The number of halogens is 1. The van der Waals surface area contributed by atoms with E-state index >= 15 is 0 Å². The van der Waals surface area contributed by atoms with Gasteiger partial charge in [-0.05, 0) is 32.0 Å². The van der Waals surface area contributed by atoms with Crippen LogP contribution in [0.2, 0.25) is 0 Å². The van der Waals surface area contributed by atoms with Crippen LogP contribution in [0, 0.1) is 5.82 Å². The number of hydrogen-bond acceptors (Lipinski definition) is 5. The van der Waals surface area contributed by atoms with Crippen molar-refractivity contribution in [1.29, 1.82) is 0 Å². The van der Waals surface area contributed by atoms with Gasteiger partial charge >= 0.3 is 0 Å². The van der Waals surface area contributed by atoms with Gasteiger partial charge in [-0.2, -0.15) is 4.98 Å². The third kappa shape index (κ3) is 2.26. The summed E-state index contributed by atoms with van der Waals surface area (Å²) in [4.78, 5) is 4.02. The zero-order valence-electron chi connectivity index (χ0n) is 9.44. The average molecular weight is 237 g/mol. The van der Waals surface area contributed by atoms with Gasteiger partial charge in [0.2, 0.25) is 5.82 Å². The maximum Gasteiger partial charge on any atom is 0.258 e. The first-order valence-corrected chi connectivity index (χ1v) is 5.00. The average Bonchev–Trinajstić information content (AvgIpc) is 2.70. The Labute approximate surface area is 97.1 Å². The van der Waals surface area contributed by atoms with Gasteiger partial charge in [0.25, 0.3) is 5.89 Å². The van der Waals surface area contributed by atoms with E-state index in [-0.39, 0.29) is 17.4 Å². The minimum absolute atomic E-state index is 0.0112. The molecule has 1 aromatic carbocycles. The van der Waals surface area contributed by atoms with Gasteiger partial charge < -0.3 is 15.4 Å². The van der Waals surface area contributed by atoms with Crippen LogP contribution >= 0.6 is 0 Å². The van der Waals surface area contributed by atoms with Crippen molar-refractivity contribution < 1.29 is 14.0 Å². The second kappa shape index (κ2) is 3.81. The van der Waals surface area contributed by atoms with Crippen molar-refractivity contribution in [3.05, 3.63) is 29.9 Å². The van der Waals surface area contributed by atoms with Crippen molar-refractivity contribution in [2.24, 2.45) is 0 Å². The van der Waals surface area contributed by atoms with Crippen LogP contribution in [0.5, 0.6) is 0 Å². The smallest absolute Gasteiger partial charge is 0.258 e. The molecule has 2 aromatic rings. The zero-order chi connectivity index (χ0) is 12.6. The molecule has 5 nitrogen and oxygen atoms in total. The van der Waals surface area contributed by atoms with Crippen molar-refractivity contribution in [2.45, 2.75) is 19.4 Å². The molecule has 0 saturated heterocycles. The largest absolute Gasteiger partial charge is 0.396 e. The molecule has 0 spiro atoms. The van der Waals surface area contributed by atoms with Crippen LogP contribution in [0.25, 0.3) is 11.4 Å². The summed E-state index contributed by atoms with van der Waals surface area (Å²) in [5, 5.41) is 13.4. The summed E-state index contributed by atoms with van der Waals surface area (Å²) in [6.07, 6.45) is 0. The van der Waals surface area contributed by atoms with Crippen LogP contribution in [0.4, 0.5) is 10.1 Å². The summed E-state index contributed by atoms with van der Waals surface area (Å²) in [5.74, 6) is -0.149. The highest BCUT2D eigenvalue weighted by Crippen LogP contribution is 2.24. The molecule has 0 fully saturated rings. The molecule has 1 heterocycles. The normalized spacial score (nSPS) is 11.8. The van der Waals surface area contributed by atoms with Crippen LogP contribution < -0.4 is 5.73 Å². The Balaban J connectivity index is 2.40. The summed E-state index contributed by atoms with van der Waals surface area (Å²) in [7, 11) is 0. The van der Waals surface area contributed by atoms with E-state index in [1.165, 1.54) is 32.0 Å². The van der Waals surface area contributed by atoms with Crippen molar-refractivity contribution in [3.63, 3.8) is 0 Å². The maximum absolute atomic E-state index is 13.0. The number of rotatable bonds is 2. The molecule has 0 saturated carbocycles. The Hall–Kier alpha value is -1.95. The molecule has 0 aliphatic rings. The van der Waals surface area contributed by atoms with Crippen LogP contribution in [-0.4, -0.2) is 15.2 Å². The standard InChI is InChI=1S/C11H12FN3O2/c1-11(2,16)10-14-9(15-17-10)6-3-4-7(12)8(13)5-6/h3-5,16H,13H2,1-2H3. The molecule has 6 heteroatoms. The fourth-order valence-corrected chi connectivity index (χ4v) is 1.27. The first-order chi connectivity index (χ1) is 7.88. The van der Waals surface area contributed by atoms with Crippen molar-refractivity contribution in [3.8, 4) is 11.4 Å². The summed E-state index contributed by atoms with van der Waals surface area (Å²) in [5.41, 5.74) is 4.77. The Bertz CT molecular complexity index is 546. The molecule has 0 amide bonds. The molecule has 90 valence electrons. The molecular weight excluding hydrogens is 225 g/mol. The zero-order valence-corrected chi connectivity index (χ0v) is 9.44. The van der Waals surface area contributed by atoms with E-state index in [0.29, 0.717) is 5.56 Å². The predicted octanol–water partition coefficient (Wildman–Crippen LogP) is 1.69. The van der Waals surface area contributed by atoms with Crippen LogP contribution in [0.3, 0.4) is 0 Å². The lowest BCUT2D eigenvalue weighted by Crippen LogP contribution is -2.15. The summed E-state index contributed by atoms with van der Waals surface area (Å²) in [6.45, 7) is 3.06. The second-order valence-electron chi connectivity index (χ2n) is 4.22. The highest BCUT2D eigenvalue weighted by atomic mass is 19.1. The number of anilines is 1. The first-order valence-electron chi connectivity index (χ1n) is 5.00. The van der Waals surface area contributed by atoms with E-state index < -0.39 is 11.4 Å². The number of hydrogen-bond donors (Lipinski definition) is 2. The van der Waals surface area contributed by atoms with Crippen LogP contribution in [0.1, 0.15) is 19.7 Å². The van der Waals surface area contributed by atoms with E-state index in [2.05, 4.69) is 10.1 Å². The van der Waals surface area contributed by atoms with E-state index in [9.17, 15) is 9.50 Å². The lowest BCUT2D eigenvalue weighted by molar-refractivity contribution is 0.0420. The predicted molar refractivity (Wildman–Crippen MR) is 59.3 cm³/mol. The van der Waals surface area contributed by atoms with Gasteiger partial charge in [-0.15, -0.1) is 0 Å². The fraction of sp³-hybridized carbons (Fsp3) is 0.273.